The predicted octanol–water partition coefficient (Wildman–Crippen LogP) is 25.7. The Balaban J connectivity index is 0.000000150. The van der Waals surface area contributed by atoms with Gasteiger partial charge < -0.3 is 0 Å². The third kappa shape index (κ3) is 13.0. The van der Waals surface area contributed by atoms with Gasteiger partial charge in [0.05, 0.1) is 0 Å². The summed E-state index contributed by atoms with van der Waals surface area (Å²) in [7, 11) is 0. The molecule has 2 aromatic heterocycles. The normalized spacial score (nSPS) is 22.4. The summed E-state index contributed by atoms with van der Waals surface area (Å²) in [4.78, 5) is 0. The molecule has 0 radical (unpaired) electrons. The third-order valence-electron chi connectivity index (χ3n) is 29.8. The summed E-state index contributed by atoms with van der Waals surface area (Å²) in [5.74, 6) is 3.38. The zero-order valence-corrected chi connectivity index (χ0v) is 71.6. The van der Waals surface area contributed by atoms with E-state index < -0.39 is 0 Å². The van der Waals surface area contributed by atoms with Gasteiger partial charge >= 0.3 is 0 Å². The van der Waals surface area contributed by atoms with Crippen molar-refractivity contribution in [3.8, 4) is 33.4 Å². The molecule has 570 valence electrons. The molecule has 2 heterocycles. The lowest BCUT2D eigenvalue weighted by molar-refractivity contribution is -0.0282. The molecule has 8 saturated carbocycles. The topological polar surface area (TPSA) is 0 Å². The van der Waals surface area contributed by atoms with E-state index in [1.807, 2.05) is 22.7 Å². The van der Waals surface area contributed by atoms with Crippen LogP contribution in [0.5, 0.6) is 0 Å². The van der Waals surface area contributed by atoms with Crippen LogP contribution in [-0.4, -0.2) is 13.4 Å². The zero-order chi connectivity index (χ0) is 78.7. The highest BCUT2D eigenvalue weighted by Crippen LogP contribution is 2.68. The van der Waals surface area contributed by atoms with Crippen LogP contribution in [-0.2, 0) is 21.7 Å². The zero-order valence-electron chi connectivity index (χ0n) is 69.9. The van der Waals surface area contributed by atoms with Crippen molar-refractivity contribution in [2.75, 3.05) is 0 Å². The number of fused-ring (bicyclic) bond motifs is 6. The maximum absolute atomic E-state index is 2.53. The highest BCUT2D eigenvalue weighted by molar-refractivity contribution is 7.26. The molecular weight excluding hydrogens is 1420 g/mol. The Labute approximate surface area is 693 Å². The minimum atomic E-state index is 0.165. The molecule has 4 atom stereocenters. The van der Waals surface area contributed by atoms with Crippen molar-refractivity contribution in [3.63, 3.8) is 0 Å². The molecule has 0 amide bonds. The largest absolute Gasteiger partial charge is 0.242 e. The van der Waals surface area contributed by atoms with Crippen LogP contribution < -0.4 is 32.8 Å². The van der Waals surface area contributed by atoms with Gasteiger partial charge in [0.25, 0.3) is 0 Å². The van der Waals surface area contributed by atoms with Gasteiger partial charge in [0, 0.05) is 29.6 Å². The van der Waals surface area contributed by atoms with Gasteiger partial charge in [-0.2, -0.15) is 0 Å². The molecule has 23 rings (SSSR count). The smallest absolute Gasteiger partial charge is 0.135 e. The maximum Gasteiger partial charge on any atom is 0.242 e. The summed E-state index contributed by atoms with van der Waals surface area (Å²) in [5, 5.41) is 5.49. The number of aryl methyl sites for hydroxylation is 13. The Morgan fingerprint density at radius 3 is 0.774 bits per heavy atom. The summed E-state index contributed by atoms with van der Waals surface area (Å²) in [6.45, 7) is 29.9. The van der Waals surface area contributed by atoms with Crippen LogP contribution in [0.1, 0.15) is 172 Å². The van der Waals surface area contributed by atoms with Gasteiger partial charge in [-0.05, 0) is 315 Å². The van der Waals surface area contributed by atoms with Crippen LogP contribution in [0.25, 0.3) is 73.7 Å². The average Bonchev–Trinajstić information content (AvgIpc) is 1.62. The van der Waals surface area contributed by atoms with E-state index in [0.29, 0.717) is 16.2 Å². The fourth-order valence-corrected chi connectivity index (χ4v) is 28.4. The first kappa shape index (κ1) is 74.3. The van der Waals surface area contributed by atoms with Crippen molar-refractivity contribution in [2.45, 2.75) is 189 Å². The standard InChI is InChI=1S/C59H57BS.C52H51BS/c1-36-8-10-45(11-9-36)46-12-17-49(18-13-46)58-31-43-28-44(32-58)34-59(33-43,35-58)50-19-14-47(15-20-50)48-16-22-54-52(29-48)53-30-51(21-23-55(53)61-54)60(56-39(4)24-37(2)25-40(56)5)57-41(6)26-38(3)27-42(57)7;1-32-20-34(3)49(35(4)21-32)53(50-36(5)22-33(2)23-37(50)6)44-17-19-48-46(26-44)45-25-41(14-18-47(45)54-48)40-12-15-43(16-13-40)52-29-38-24-39(30-52)28-51(27-38,31-52)42-10-8-7-9-11-42/h8-27,29-30,43-44H,28,31-35H2,1-7H3;7-23,25-26,38-39H,24,27-31H2,1-6H3. The highest BCUT2D eigenvalue weighted by Gasteiger charge is 2.60. The number of hydrogen-bond donors (Lipinski definition) is 0. The number of benzene rings is 13. The van der Waals surface area contributed by atoms with E-state index in [1.165, 1.54) is 256 Å². The van der Waals surface area contributed by atoms with Crippen LogP contribution >= 0.6 is 22.7 Å². The molecule has 8 aliphatic rings. The Morgan fingerprint density at radius 2 is 0.478 bits per heavy atom. The molecule has 0 aliphatic heterocycles. The summed E-state index contributed by atoms with van der Waals surface area (Å²) < 4.78 is 5.45. The van der Waals surface area contributed by atoms with Crippen molar-refractivity contribution in [1.82, 2.24) is 0 Å². The van der Waals surface area contributed by atoms with Gasteiger partial charge in [-0.3, -0.25) is 0 Å². The third-order valence-corrected chi connectivity index (χ3v) is 32.1. The van der Waals surface area contributed by atoms with Crippen molar-refractivity contribution in [2.24, 2.45) is 23.7 Å². The summed E-state index contributed by atoms with van der Waals surface area (Å²) >= 11 is 3.85. The van der Waals surface area contributed by atoms with Gasteiger partial charge in [-0.25, -0.2) is 0 Å². The second-order valence-electron chi connectivity index (χ2n) is 38.3. The van der Waals surface area contributed by atoms with Gasteiger partial charge in [0.2, 0.25) is 13.4 Å². The lowest BCUT2D eigenvalue weighted by atomic mass is 9.34. The summed E-state index contributed by atoms with van der Waals surface area (Å²) in [5.41, 5.74) is 41.7. The molecule has 115 heavy (non-hydrogen) atoms. The second kappa shape index (κ2) is 28.4. The van der Waals surface area contributed by atoms with Crippen LogP contribution in [0.15, 0.2) is 249 Å². The molecule has 0 saturated heterocycles. The first-order valence-electron chi connectivity index (χ1n) is 43.2. The quantitative estimate of drug-likeness (QED) is 0.101. The minimum Gasteiger partial charge on any atom is -0.135 e. The van der Waals surface area contributed by atoms with Crippen LogP contribution in [0.4, 0.5) is 0 Å². The van der Waals surface area contributed by atoms with Crippen LogP contribution in [0.3, 0.4) is 0 Å². The molecule has 0 nitrogen and oxygen atoms in total. The molecule has 0 N–H and O–H groups in total. The first-order chi connectivity index (χ1) is 55.5. The van der Waals surface area contributed by atoms with E-state index in [9.17, 15) is 0 Å². The Bertz CT molecular complexity index is 6130. The predicted molar refractivity (Wildman–Crippen MR) is 501 cm³/mol. The van der Waals surface area contributed by atoms with E-state index in [-0.39, 0.29) is 18.8 Å². The van der Waals surface area contributed by atoms with E-state index in [2.05, 4.69) is 339 Å². The van der Waals surface area contributed by atoms with E-state index in [4.69, 9.17) is 0 Å². The van der Waals surface area contributed by atoms with Gasteiger partial charge in [-0.1, -0.05) is 317 Å². The van der Waals surface area contributed by atoms with E-state index in [0.717, 1.165) is 23.7 Å². The van der Waals surface area contributed by atoms with Crippen molar-refractivity contribution >= 4 is 109 Å². The van der Waals surface area contributed by atoms with Gasteiger partial charge in [-0.15, -0.1) is 22.7 Å². The van der Waals surface area contributed by atoms with Gasteiger partial charge in [0.1, 0.15) is 0 Å². The number of thiophene rings is 2. The Morgan fingerprint density at radius 1 is 0.235 bits per heavy atom. The molecule has 4 unspecified atom stereocenters. The van der Waals surface area contributed by atoms with Crippen molar-refractivity contribution < 1.29 is 0 Å². The monoisotopic (exact) mass is 1530 g/mol. The maximum atomic E-state index is 2.53. The molecule has 8 bridgehead atoms. The van der Waals surface area contributed by atoms with E-state index >= 15 is 0 Å². The molecule has 4 heteroatoms. The number of rotatable bonds is 13. The van der Waals surface area contributed by atoms with E-state index in [1.54, 1.807) is 22.3 Å². The SMILES string of the molecule is Cc1cc(C)c(B(c2ccc3sc4ccc(-c5ccc(C67CC8CC(CC(c9ccccc9)(C8)C6)C7)cc5)cc4c3c2)c2c(C)cc(C)cc2C)c(C)c1.Cc1ccc(-c2ccc(C34CC5CC(C3)CC(c3ccc(-c6ccc7sc8ccc(B(c9c(C)cc(C)cc9C)c9c(C)cc(C)cc9C)cc8c7c6)cc3)(C5)C4)cc2)cc1. The van der Waals surface area contributed by atoms with Crippen molar-refractivity contribution in [3.05, 3.63) is 343 Å². The average molecular weight is 1530 g/mol. The Kier molecular flexibility index (Phi) is 18.3. The van der Waals surface area contributed by atoms with Gasteiger partial charge in [0.15, 0.2) is 0 Å². The van der Waals surface area contributed by atoms with Crippen molar-refractivity contribution in [1.29, 1.82) is 0 Å². The summed E-state index contributed by atoms with van der Waals surface area (Å²) in [6.07, 6.45) is 16.4. The molecule has 8 fully saturated rings. The number of hydrogen-bond acceptors (Lipinski definition) is 2. The first-order valence-corrected chi connectivity index (χ1v) is 44.8. The molecule has 13 aromatic carbocycles. The molecule has 0 spiro atoms. The molecule has 8 aliphatic carbocycles. The van der Waals surface area contributed by atoms with Crippen LogP contribution in [0, 0.1) is 114 Å². The fraction of sp³-hybridized carbons (Fsp3) is 0.297. The van der Waals surface area contributed by atoms with Crippen LogP contribution in [0.2, 0.25) is 0 Å². The fourth-order valence-electron chi connectivity index (χ4n) is 26.3. The molecular formula is C111H108B2S2. The highest BCUT2D eigenvalue weighted by atomic mass is 32.1. The lowest BCUT2D eigenvalue weighted by Gasteiger charge is -2.63. The molecule has 15 aromatic rings. The second-order valence-corrected chi connectivity index (χ2v) is 40.4. The summed E-state index contributed by atoms with van der Waals surface area (Å²) in [6, 6.07) is 98.2. The minimum absolute atomic E-state index is 0.165. The lowest BCUT2D eigenvalue weighted by Crippen LogP contribution is -2.55. The Hall–Kier alpha value is -9.57.